The van der Waals surface area contributed by atoms with Crippen LogP contribution >= 0.6 is 0 Å². The highest BCUT2D eigenvalue weighted by atomic mass is 19.1. The molecule has 5 rings (SSSR count). The van der Waals surface area contributed by atoms with Gasteiger partial charge in [-0.05, 0) is 47.9 Å². The summed E-state index contributed by atoms with van der Waals surface area (Å²) >= 11 is 0. The maximum Gasteiger partial charge on any atom is 0.191 e. The van der Waals surface area contributed by atoms with Gasteiger partial charge in [0.25, 0.3) is 0 Å². The van der Waals surface area contributed by atoms with Gasteiger partial charge in [-0.1, -0.05) is 19.9 Å². The lowest BCUT2D eigenvalue weighted by atomic mass is 9.67. The van der Waals surface area contributed by atoms with Crippen LogP contribution in [-0.2, 0) is 5.41 Å². The van der Waals surface area contributed by atoms with Gasteiger partial charge in [0.1, 0.15) is 17.4 Å². The number of oxazole rings is 1. The van der Waals surface area contributed by atoms with Gasteiger partial charge in [-0.2, -0.15) is 5.10 Å². The van der Waals surface area contributed by atoms with Crippen molar-refractivity contribution in [3.63, 3.8) is 0 Å². The maximum absolute atomic E-state index is 14.2. The number of rotatable bonds is 2. The summed E-state index contributed by atoms with van der Waals surface area (Å²) in [5.74, 6) is 0.372. The molecule has 0 N–H and O–H groups in total. The van der Waals surface area contributed by atoms with Gasteiger partial charge in [0.05, 0.1) is 28.6 Å². The van der Waals surface area contributed by atoms with Gasteiger partial charge in [-0.15, -0.1) is 5.10 Å². The van der Waals surface area contributed by atoms with E-state index in [4.69, 9.17) is 4.42 Å². The molecule has 27 heavy (non-hydrogen) atoms. The van der Waals surface area contributed by atoms with Crippen LogP contribution < -0.4 is 0 Å². The summed E-state index contributed by atoms with van der Waals surface area (Å²) in [7, 11) is 0. The molecule has 1 fully saturated rings. The monoisotopic (exact) mass is 367 g/mol. The molecule has 0 aliphatic heterocycles. The third-order valence-electron chi connectivity index (χ3n) is 6.64. The van der Waals surface area contributed by atoms with Crippen molar-refractivity contribution in [3.05, 3.63) is 65.0 Å². The molecule has 2 bridgehead atoms. The molecule has 6 heteroatoms. The van der Waals surface area contributed by atoms with Crippen molar-refractivity contribution in [1.29, 1.82) is 0 Å². The third-order valence-corrected chi connectivity index (χ3v) is 6.64. The summed E-state index contributed by atoms with van der Waals surface area (Å²) < 4.78 is 34.4. The molecule has 138 valence electrons. The number of fused-ring (bicyclic) bond motifs is 5. The normalized spacial score (nSPS) is 25.0. The summed E-state index contributed by atoms with van der Waals surface area (Å²) in [5.41, 5.74) is 1.40. The fourth-order valence-electron chi connectivity index (χ4n) is 5.29. The minimum Gasteiger partial charge on any atom is -0.445 e. The Bertz CT molecular complexity index is 1050. The van der Waals surface area contributed by atoms with Crippen LogP contribution in [0, 0.1) is 24.0 Å². The summed E-state index contributed by atoms with van der Waals surface area (Å²) in [5, 5.41) is 8.69. The van der Waals surface area contributed by atoms with Crippen molar-refractivity contribution in [1.82, 2.24) is 15.2 Å². The van der Waals surface area contributed by atoms with Crippen LogP contribution in [0.15, 0.2) is 34.9 Å². The Morgan fingerprint density at radius 3 is 2.56 bits per heavy atom. The minimum atomic E-state index is -0.632. The Hall–Kier alpha value is -2.63. The van der Waals surface area contributed by atoms with Crippen LogP contribution in [0.1, 0.15) is 55.5 Å². The minimum absolute atomic E-state index is 0.127. The SMILES string of the molecule is Cc1ncc([C@@]23CC[C@@H](c4cc(-c5c(F)cccc5F)nnc42)C3(C)C)o1. The Labute approximate surface area is 155 Å². The lowest BCUT2D eigenvalue weighted by molar-refractivity contribution is 0.211. The van der Waals surface area contributed by atoms with Gasteiger partial charge >= 0.3 is 0 Å². The van der Waals surface area contributed by atoms with Crippen LogP contribution in [0.4, 0.5) is 8.78 Å². The smallest absolute Gasteiger partial charge is 0.191 e. The van der Waals surface area contributed by atoms with E-state index in [-0.39, 0.29) is 22.6 Å². The van der Waals surface area contributed by atoms with Crippen LogP contribution in [0.5, 0.6) is 0 Å². The predicted molar refractivity (Wildman–Crippen MR) is 95.2 cm³/mol. The summed E-state index contributed by atoms with van der Waals surface area (Å²) in [6, 6.07) is 5.63. The molecule has 4 nitrogen and oxygen atoms in total. The van der Waals surface area contributed by atoms with Gasteiger partial charge in [-0.3, -0.25) is 0 Å². The zero-order valence-corrected chi connectivity index (χ0v) is 15.4. The average molecular weight is 367 g/mol. The number of hydrogen-bond donors (Lipinski definition) is 0. The van der Waals surface area contributed by atoms with E-state index in [1.807, 2.05) is 6.92 Å². The molecule has 2 atom stereocenters. The van der Waals surface area contributed by atoms with Gasteiger partial charge in [0.2, 0.25) is 0 Å². The Kier molecular flexibility index (Phi) is 3.19. The number of halogens is 2. The van der Waals surface area contributed by atoms with Crippen LogP contribution in [-0.4, -0.2) is 15.2 Å². The highest BCUT2D eigenvalue weighted by Crippen LogP contribution is 2.69. The van der Waals surface area contributed by atoms with E-state index < -0.39 is 17.0 Å². The predicted octanol–water partition coefficient (Wildman–Crippen LogP) is 4.92. The third kappa shape index (κ3) is 1.93. The second kappa shape index (κ2) is 5.21. The number of benzene rings is 1. The molecule has 0 spiro atoms. The lowest BCUT2D eigenvalue weighted by Gasteiger charge is -2.35. The van der Waals surface area contributed by atoms with E-state index in [0.717, 1.165) is 29.9 Å². The first kappa shape index (κ1) is 16.5. The Balaban J connectivity index is 1.73. The zero-order chi connectivity index (χ0) is 19.0. The average Bonchev–Trinajstić information content (AvgIpc) is 3.22. The summed E-state index contributed by atoms with van der Waals surface area (Å²) in [6.07, 6.45) is 3.64. The Morgan fingerprint density at radius 2 is 1.89 bits per heavy atom. The number of nitrogens with zero attached hydrogens (tertiary/aromatic N) is 3. The van der Waals surface area contributed by atoms with Crippen molar-refractivity contribution in [2.45, 2.75) is 44.9 Å². The molecule has 0 radical (unpaired) electrons. The van der Waals surface area contributed by atoms with Crippen LogP contribution in [0.2, 0.25) is 0 Å². The second-order valence-corrected chi connectivity index (χ2v) is 8.09. The molecule has 0 saturated heterocycles. The fraction of sp³-hybridized carbons (Fsp3) is 0.381. The molecular formula is C21H19F2N3O. The van der Waals surface area contributed by atoms with E-state index in [9.17, 15) is 8.78 Å². The van der Waals surface area contributed by atoms with E-state index in [0.29, 0.717) is 5.89 Å². The summed E-state index contributed by atoms with van der Waals surface area (Å²) in [6.45, 7) is 6.23. The molecule has 1 aromatic carbocycles. The Morgan fingerprint density at radius 1 is 1.15 bits per heavy atom. The quantitative estimate of drug-likeness (QED) is 0.645. The molecule has 2 aliphatic carbocycles. The van der Waals surface area contributed by atoms with Crippen molar-refractivity contribution in [2.24, 2.45) is 5.41 Å². The van der Waals surface area contributed by atoms with Crippen molar-refractivity contribution < 1.29 is 13.2 Å². The molecule has 3 aromatic rings. The zero-order valence-electron chi connectivity index (χ0n) is 15.4. The van der Waals surface area contributed by atoms with Crippen LogP contribution in [0.3, 0.4) is 0 Å². The standard InChI is InChI=1S/C21H19F2N3O/c1-11-24-10-17(27-11)21-8-7-13(20(21,2)3)12-9-16(25-26-19(12)21)18-14(22)5-4-6-15(18)23/h4-6,9-10,13H,7-8H2,1-3H3/t13-,21-/m0/s1. The molecule has 2 aromatic heterocycles. The number of aryl methyl sites for hydroxylation is 1. The number of hydrogen-bond acceptors (Lipinski definition) is 4. The molecule has 2 heterocycles. The second-order valence-electron chi connectivity index (χ2n) is 8.09. The topological polar surface area (TPSA) is 51.8 Å². The molecule has 0 unspecified atom stereocenters. The molecule has 0 amide bonds. The molecule has 2 aliphatic rings. The fourth-order valence-corrected chi connectivity index (χ4v) is 5.29. The van der Waals surface area contributed by atoms with Crippen molar-refractivity contribution in [2.75, 3.05) is 0 Å². The van der Waals surface area contributed by atoms with E-state index in [1.165, 1.54) is 18.2 Å². The van der Waals surface area contributed by atoms with E-state index in [1.54, 1.807) is 12.3 Å². The largest absolute Gasteiger partial charge is 0.445 e. The van der Waals surface area contributed by atoms with Crippen LogP contribution in [0.25, 0.3) is 11.3 Å². The van der Waals surface area contributed by atoms with E-state index >= 15 is 0 Å². The highest BCUT2D eigenvalue weighted by Gasteiger charge is 2.66. The molecule has 1 saturated carbocycles. The van der Waals surface area contributed by atoms with E-state index in [2.05, 4.69) is 29.0 Å². The summed E-state index contributed by atoms with van der Waals surface area (Å²) in [4.78, 5) is 4.29. The molecular weight excluding hydrogens is 348 g/mol. The first-order chi connectivity index (χ1) is 12.9. The maximum atomic E-state index is 14.2. The van der Waals surface area contributed by atoms with Crippen molar-refractivity contribution >= 4 is 0 Å². The lowest BCUT2D eigenvalue weighted by Crippen LogP contribution is -2.36. The first-order valence-corrected chi connectivity index (χ1v) is 9.11. The van der Waals surface area contributed by atoms with Gasteiger partial charge in [0.15, 0.2) is 5.89 Å². The van der Waals surface area contributed by atoms with Gasteiger partial charge < -0.3 is 4.42 Å². The highest BCUT2D eigenvalue weighted by molar-refractivity contribution is 5.63. The van der Waals surface area contributed by atoms with Crippen molar-refractivity contribution in [3.8, 4) is 11.3 Å². The number of aromatic nitrogens is 3. The first-order valence-electron chi connectivity index (χ1n) is 9.11. The van der Waals surface area contributed by atoms with Gasteiger partial charge in [0, 0.05) is 6.92 Å². The van der Waals surface area contributed by atoms with Gasteiger partial charge in [-0.25, -0.2) is 13.8 Å².